The van der Waals surface area contributed by atoms with Crippen molar-refractivity contribution in [3.63, 3.8) is 0 Å². The van der Waals surface area contributed by atoms with Gasteiger partial charge in [-0.25, -0.2) is 0 Å². The van der Waals surface area contributed by atoms with Crippen LogP contribution in [0.1, 0.15) is 25.5 Å². The molecule has 0 N–H and O–H groups in total. The monoisotopic (exact) mass is 327 g/mol. The van der Waals surface area contributed by atoms with E-state index in [0.717, 1.165) is 12.8 Å². The van der Waals surface area contributed by atoms with Crippen LogP contribution < -0.4 is 0 Å². The third kappa shape index (κ3) is 3.20. The van der Waals surface area contributed by atoms with E-state index < -0.39 is 5.97 Å². The molecule has 0 unspecified atom stereocenters. The lowest BCUT2D eigenvalue weighted by molar-refractivity contribution is -0.149. The molecule has 1 fully saturated rings. The van der Waals surface area contributed by atoms with Gasteiger partial charge in [0.15, 0.2) is 5.69 Å². The minimum absolute atomic E-state index is 0.0419. The topological polar surface area (TPSA) is 101 Å². The van der Waals surface area contributed by atoms with E-state index in [2.05, 4.69) is 10.1 Å². The van der Waals surface area contributed by atoms with Crippen molar-refractivity contribution < 1.29 is 14.3 Å². The van der Waals surface area contributed by atoms with Crippen LogP contribution in [-0.4, -0.2) is 50.7 Å². The number of nitrogens with zero attached hydrogens (tertiary/aromatic N) is 5. The smallest absolute Gasteiger partial charge is 0.325 e. The molecule has 8 nitrogen and oxygen atoms in total. The average molecular weight is 327 g/mol. The highest BCUT2D eigenvalue weighted by molar-refractivity contribution is 5.86. The van der Waals surface area contributed by atoms with Crippen molar-refractivity contribution >= 4 is 22.8 Å². The van der Waals surface area contributed by atoms with Crippen molar-refractivity contribution in [3.8, 4) is 6.07 Å². The summed E-state index contributed by atoms with van der Waals surface area (Å²) >= 11 is 0. The summed E-state index contributed by atoms with van der Waals surface area (Å²) < 4.78 is 6.40. The van der Waals surface area contributed by atoms with Crippen molar-refractivity contribution in [2.75, 3.05) is 13.2 Å². The van der Waals surface area contributed by atoms with E-state index in [0.29, 0.717) is 10.9 Å². The van der Waals surface area contributed by atoms with Gasteiger partial charge in [0.05, 0.1) is 18.3 Å². The van der Waals surface area contributed by atoms with Gasteiger partial charge in [-0.2, -0.15) is 10.4 Å². The molecular formula is C16H17N5O3. The van der Waals surface area contributed by atoms with Crippen LogP contribution in [-0.2, 0) is 20.9 Å². The fourth-order valence-corrected chi connectivity index (χ4v) is 2.60. The fraction of sp³-hybridized carbons (Fsp3) is 0.438. The van der Waals surface area contributed by atoms with Crippen LogP contribution in [0.25, 0.3) is 10.9 Å². The molecule has 1 amide bonds. The molecule has 1 aliphatic rings. The van der Waals surface area contributed by atoms with Gasteiger partial charge in [0.2, 0.25) is 5.91 Å². The van der Waals surface area contributed by atoms with Crippen LogP contribution in [0.2, 0.25) is 0 Å². The molecule has 2 heterocycles. The maximum absolute atomic E-state index is 12.6. The number of pyridine rings is 1. The highest BCUT2D eigenvalue weighted by Gasteiger charge is 2.34. The predicted molar refractivity (Wildman–Crippen MR) is 83.6 cm³/mol. The summed E-state index contributed by atoms with van der Waals surface area (Å²) in [5.74, 6) is -0.634. The number of hydrogen-bond acceptors (Lipinski definition) is 6. The number of esters is 1. The Morgan fingerprint density at radius 2 is 2.29 bits per heavy atom. The Morgan fingerprint density at radius 1 is 1.50 bits per heavy atom. The average Bonchev–Trinajstić information content (AvgIpc) is 3.36. The first-order valence-corrected chi connectivity index (χ1v) is 7.79. The van der Waals surface area contributed by atoms with Gasteiger partial charge in [-0.15, -0.1) is 0 Å². The summed E-state index contributed by atoms with van der Waals surface area (Å²) in [6.45, 7) is 1.92. The normalized spacial score (nSPS) is 13.5. The Morgan fingerprint density at radius 3 is 2.96 bits per heavy atom. The van der Waals surface area contributed by atoms with Crippen LogP contribution in [0.4, 0.5) is 0 Å². The maximum Gasteiger partial charge on any atom is 0.325 e. The number of fused-ring (bicyclic) bond motifs is 1. The minimum atomic E-state index is -0.414. The van der Waals surface area contributed by atoms with Gasteiger partial charge < -0.3 is 9.64 Å². The predicted octanol–water partition coefficient (Wildman–Crippen LogP) is 0.857. The number of amides is 1. The summed E-state index contributed by atoms with van der Waals surface area (Å²) in [4.78, 5) is 29.9. The van der Waals surface area contributed by atoms with Gasteiger partial charge in [0.25, 0.3) is 0 Å². The van der Waals surface area contributed by atoms with Gasteiger partial charge in [-0.1, -0.05) is 0 Å². The minimum Gasteiger partial charge on any atom is -0.465 e. The van der Waals surface area contributed by atoms with Gasteiger partial charge in [-0.05, 0) is 25.8 Å². The molecule has 1 aliphatic carbocycles. The first-order valence-electron chi connectivity index (χ1n) is 7.79. The van der Waals surface area contributed by atoms with Crippen LogP contribution in [0.15, 0.2) is 18.5 Å². The van der Waals surface area contributed by atoms with Crippen molar-refractivity contribution in [1.29, 1.82) is 5.26 Å². The molecule has 3 rings (SSSR count). The Kier molecular flexibility index (Phi) is 4.42. The Labute approximate surface area is 138 Å². The second kappa shape index (κ2) is 6.66. The number of aromatic nitrogens is 3. The summed E-state index contributed by atoms with van der Waals surface area (Å²) in [7, 11) is 0. The number of rotatable bonds is 6. The molecule has 0 aromatic carbocycles. The first kappa shape index (κ1) is 15.9. The largest absolute Gasteiger partial charge is 0.465 e. The van der Waals surface area contributed by atoms with Crippen LogP contribution in [0.5, 0.6) is 0 Å². The number of nitriles is 1. The first-order chi connectivity index (χ1) is 11.6. The fourth-order valence-electron chi connectivity index (χ4n) is 2.60. The highest BCUT2D eigenvalue weighted by Crippen LogP contribution is 2.27. The van der Waals surface area contributed by atoms with Crippen molar-refractivity contribution in [3.05, 3.63) is 24.2 Å². The van der Waals surface area contributed by atoms with Gasteiger partial charge in [-0.3, -0.25) is 19.3 Å². The zero-order valence-corrected chi connectivity index (χ0v) is 13.3. The molecule has 0 aliphatic heterocycles. The van der Waals surface area contributed by atoms with E-state index in [1.54, 1.807) is 25.4 Å². The molecule has 1 saturated carbocycles. The van der Waals surface area contributed by atoms with Crippen LogP contribution >= 0.6 is 0 Å². The molecule has 8 heteroatoms. The molecular weight excluding hydrogens is 310 g/mol. The SMILES string of the molecule is CCOC(=O)CN(C(=O)Cn1nc(C#N)c2ccncc21)C1CC1. The lowest BCUT2D eigenvalue weighted by atomic mass is 10.2. The molecule has 0 atom stereocenters. The Balaban J connectivity index is 1.80. The third-order valence-corrected chi connectivity index (χ3v) is 3.86. The zero-order valence-electron chi connectivity index (χ0n) is 13.3. The molecule has 2 aromatic rings. The van der Waals surface area contributed by atoms with Crippen molar-refractivity contribution in [2.45, 2.75) is 32.4 Å². The molecule has 24 heavy (non-hydrogen) atoms. The Bertz CT molecular complexity index is 819. The second-order valence-corrected chi connectivity index (χ2v) is 5.57. The Hall–Kier alpha value is -2.95. The molecule has 0 spiro atoms. The standard InChI is InChI=1S/C16H17N5O3/c1-2-24-16(23)10-20(11-3-4-11)15(22)9-21-14-8-18-6-5-12(14)13(7-17)19-21/h5-6,8,11H,2-4,9-10H2,1H3. The van der Waals surface area contributed by atoms with Crippen molar-refractivity contribution in [1.82, 2.24) is 19.7 Å². The number of hydrogen-bond donors (Lipinski definition) is 0. The van der Waals surface area contributed by atoms with Crippen LogP contribution in [0.3, 0.4) is 0 Å². The molecule has 124 valence electrons. The van der Waals surface area contributed by atoms with E-state index >= 15 is 0 Å². The summed E-state index contributed by atoms with van der Waals surface area (Å²) in [5.41, 5.74) is 0.873. The molecule has 0 radical (unpaired) electrons. The highest BCUT2D eigenvalue weighted by atomic mass is 16.5. The van der Waals surface area contributed by atoms with Crippen LogP contribution in [0, 0.1) is 11.3 Å². The van der Waals surface area contributed by atoms with Gasteiger partial charge in [0.1, 0.15) is 19.2 Å². The maximum atomic E-state index is 12.6. The summed E-state index contributed by atoms with van der Waals surface area (Å²) in [5, 5.41) is 14.0. The summed E-state index contributed by atoms with van der Waals surface area (Å²) in [6.07, 6.45) is 4.92. The lowest BCUT2D eigenvalue weighted by Gasteiger charge is -2.21. The molecule has 0 saturated heterocycles. The third-order valence-electron chi connectivity index (χ3n) is 3.86. The van der Waals surface area contributed by atoms with E-state index in [-0.39, 0.29) is 37.3 Å². The molecule has 0 bridgehead atoms. The van der Waals surface area contributed by atoms with E-state index in [1.165, 1.54) is 9.58 Å². The van der Waals surface area contributed by atoms with Gasteiger partial charge in [0, 0.05) is 17.6 Å². The van der Waals surface area contributed by atoms with E-state index in [4.69, 9.17) is 10.00 Å². The lowest BCUT2D eigenvalue weighted by Crippen LogP contribution is -2.40. The quantitative estimate of drug-likeness (QED) is 0.729. The number of carbonyl (C=O) groups excluding carboxylic acids is 2. The van der Waals surface area contributed by atoms with Crippen molar-refractivity contribution in [2.24, 2.45) is 0 Å². The number of ether oxygens (including phenoxy) is 1. The summed E-state index contributed by atoms with van der Waals surface area (Å²) in [6, 6.07) is 3.79. The number of carbonyl (C=O) groups is 2. The second-order valence-electron chi connectivity index (χ2n) is 5.57. The molecule has 2 aromatic heterocycles. The van der Waals surface area contributed by atoms with E-state index in [1.807, 2.05) is 6.07 Å². The zero-order chi connectivity index (χ0) is 17.1. The van der Waals surface area contributed by atoms with E-state index in [9.17, 15) is 9.59 Å². The van der Waals surface area contributed by atoms with Gasteiger partial charge >= 0.3 is 5.97 Å².